The number of carbonyl (C=O) groups excluding carboxylic acids is 2. The highest BCUT2D eigenvalue weighted by molar-refractivity contribution is 6.27. The van der Waals surface area contributed by atoms with Gasteiger partial charge in [-0.25, -0.2) is 0 Å². The Kier molecular flexibility index (Phi) is 4.93. The van der Waals surface area contributed by atoms with E-state index in [0.29, 0.717) is 12.9 Å². The molecule has 0 bridgehead atoms. The maximum Gasteiger partial charge on any atom is 0.225 e. The highest BCUT2D eigenvalue weighted by atomic mass is 16.5. The van der Waals surface area contributed by atoms with Crippen molar-refractivity contribution in [3.63, 3.8) is 0 Å². The van der Waals surface area contributed by atoms with Crippen molar-refractivity contribution in [2.75, 3.05) is 13.3 Å². The predicted molar refractivity (Wildman–Crippen MR) is 97.2 cm³/mol. The molecule has 2 aliphatic rings. The van der Waals surface area contributed by atoms with Crippen LogP contribution in [0, 0.1) is 0 Å². The van der Waals surface area contributed by atoms with Gasteiger partial charge in [0, 0.05) is 13.1 Å². The van der Waals surface area contributed by atoms with E-state index >= 15 is 0 Å². The van der Waals surface area contributed by atoms with E-state index in [1.807, 2.05) is 36.4 Å². The Morgan fingerprint density at radius 3 is 2.12 bits per heavy atom. The molecule has 2 fully saturated rings. The number of ketones is 1. The summed E-state index contributed by atoms with van der Waals surface area (Å²) in [7, 11) is 0. The Morgan fingerprint density at radius 2 is 1.54 bits per heavy atom. The van der Waals surface area contributed by atoms with Gasteiger partial charge in [-0.2, -0.15) is 0 Å². The second-order valence-corrected chi connectivity index (χ2v) is 6.94. The van der Waals surface area contributed by atoms with Gasteiger partial charge in [-0.1, -0.05) is 60.7 Å². The summed E-state index contributed by atoms with van der Waals surface area (Å²) in [5.74, 6) is -0.461. The minimum Gasteiger partial charge on any atom is -0.367 e. The molecule has 2 aromatic rings. The molecule has 0 radical (unpaired) electrons. The van der Waals surface area contributed by atoms with Crippen LogP contribution < -0.4 is 0 Å². The number of hydrogen-bond acceptors (Lipinski definition) is 5. The monoisotopic (exact) mass is 350 g/mol. The first-order valence-corrected chi connectivity index (χ1v) is 8.93. The average Bonchev–Trinajstić information content (AvgIpc) is 3.25. The maximum absolute atomic E-state index is 12.1. The van der Waals surface area contributed by atoms with Gasteiger partial charge in [-0.05, 0) is 11.1 Å². The van der Waals surface area contributed by atoms with Crippen molar-refractivity contribution in [3.05, 3.63) is 71.8 Å². The lowest BCUT2D eigenvalue weighted by Crippen LogP contribution is -2.44. The Hall–Kier alpha value is -2.34. The van der Waals surface area contributed by atoms with Crippen LogP contribution in [0.25, 0.3) is 0 Å². The number of benzene rings is 2. The van der Waals surface area contributed by atoms with Crippen molar-refractivity contribution in [1.29, 1.82) is 0 Å². The summed E-state index contributed by atoms with van der Waals surface area (Å²) in [6.45, 7) is 2.77. The smallest absolute Gasteiger partial charge is 0.225 e. The number of fused-ring (bicyclic) bond motifs is 1. The Balaban J connectivity index is 1.57. The van der Waals surface area contributed by atoms with Crippen molar-refractivity contribution in [2.24, 2.45) is 0 Å². The summed E-state index contributed by atoms with van der Waals surface area (Å²) in [5.41, 5.74) is 2.43. The summed E-state index contributed by atoms with van der Waals surface area (Å²) in [4.78, 5) is 27.8. The fourth-order valence-electron chi connectivity index (χ4n) is 4.07. The second-order valence-electron chi connectivity index (χ2n) is 6.94. The molecule has 0 aliphatic carbocycles. The van der Waals surface area contributed by atoms with Crippen LogP contribution in [-0.4, -0.2) is 53.3 Å². The van der Waals surface area contributed by atoms with Gasteiger partial charge >= 0.3 is 0 Å². The summed E-state index contributed by atoms with van der Waals surface area (Å²) in [6.07, 6.45) is -0.268. The van der Waals surface area contributed by atoms with Crippen LogP contribution in [0.2, 0.25) is 0 Å². The third kappa shape index (κ3) is 3.33. The molecule has 2 heterocycles. The topological polar surface area (TPSA) is 49.9 Å². The van der Waals surface area contributed by atoms with E-state index < -0.39 is 11.9 Å². The van der Waals surface area contributed by atoms with Gasteiger partial charge in [-0.3, -0.25) is 19.4 Å². The van der Waals surface area contributed by atoms with Crippen LogP contribution in [0.1, 0.15) is 11.1 Å². The molecule has 0 amide bonds. The highest BCUT2D eigenvalue weighted by Gasteiger charge is 2.51. The van der Waals surface area contributed by atoms with Gasteiger partial charge in [0.05, 0.1) is 25.4 Å². The zero-order valence-electron chi connectivity index (χ0n) is 14.5. The number of ether oxygens (including phenoxy) is 1. The van der Waals surface area contributed by atoms with Crippen molar-refractivity contribution < 1.29 is 14.3 Å². The van der Waals surface area contributed by atoms with Crippen molar-refractivity contribution >= 4 is 12.1 Å². The summed E-state index contributed by atoms with van der Waals surface area (Å²) in [6, 6.07) is 20.5. The van der Waals surface area contributed by atoms with E-state index in [1.165, 1.54) is 11.1 Å². The lowest BCUT2D eigenvalue weighted by atomic mass is 10.0. The standard InChI is InChI=1S/C21H22N2O3/c24-13-19(25)21-20-18(14-26-21)22(11-16-7-3-1-4-8-16)15-23(20)12-17-9-5-2-6-10-17/h1-10,13,18,20-21H,11-12,14-15H2/t18-,20-,21?/m0/s1. The molecule has 134 valence electrons. The van der Waals surface area contributed by atoms with Crippen LogP contribution in [0.5, 0.6) is 0 Å². The minimum atomic E-state index is -0.665. The number of aldehydes is 1. The van der Waals surface area contributed by atoms with Gasteiger partial charge in [0.25, 0.3) is 0 Å². The van der Waals surface area contributed by atoms with Crippen LogP contribution in [0.15, 0.2) is 60.7 Å². The largest absolute Gasteiger partial charge is 0.367 e. The molecule has 2 aliphatic heterocycles. The number of Topliss-reactive ketones (excluding diaryl/α,β-unsaturated/α-hetero) is 1. The first-order valence-electron chi connectivity index (χ1n) is 8.93. The van der Waals surface area contributed by atoms with E-state index in [2.05, 4.69) is 34.1 Å². The van der Waals surface area contributed by atoms with Gasteiger partial charge in [0.15, 0.2) is 6.29 Å². The number of rotatable bonds is 6. The Bertz CT molecular complexity index is 765. The third-order valence-corrected chi connectivity index (χ3v) is 5.26. The van der Waals surface area contributed by atoms with Gasteiger partial charge in [-0.15, -0.1) is 0 Å². The van der Waals surface area contributed by atoms with E-state index in [1.54, 1.807) is 0 Å². The first kappa shape index (κ1) is 17.1. The van der Waals surface area contributed by atoms with Crippen molar-refractivity contribution in [3.8, 4) is 0 Å². The minimum absolute atomic E-state index is 0.0865. The molecule has 5 heteroatoms. The van der Waals surface area contributed by atoms with E-state index in [4.69, 9.17) is 4.74 Å². The van der Waals surface area contributed by atoms with E-state index in [0.717, 1.165) is 19.8 Å². The highest BCUT2D eigenvalue weighted by Crippen LogP contribution is 2.33. The molecular weight excluding hydrogens is 328 g/mol. The fraction of sp³-hybridized carbons (Fsp3) is 0.333. The molecule has 2 aromatic carbocycles. The molecule has 0 saturated carbocycles. The normalized spacial score (nSPS) is 25.9. The molecule has 1 unspecified atom stereocenters. The molecule has 4 rings (SSSR count). The first-order chi connectivity index (χ1) is 12.8. The number of carbonyl (C=O) groups is 2. The summed E-state index contributed by atoms with van der Waals surface area (Å²) in [5, 5.41) is 0. The van der Waals surface area contributed by atoms with Crippen LogP contribution >= 0.6 is 0 Å². The lowest BCUT2D eigenvalue weighted by Gasteiger charge is -2.25. The third-order valence-electron chi connectivity index (χ3n) is 5.26. The van der Waals surface area contributed by atoms with Gasteiger partial charge < -0.3 is 4.74 Å². The predicted octanol–water partition coefficient (Wildman–Crippen LogP) is 1.87. The molecule has 2 saturated heterocycles. The molecule has 0 N–H and O–H groups in total. The lowest BCUT2D eigenvalue weighted by molar-refractivity contribution is -0.137. The molecule has 0 aromatic heterocycles. The second kappa shape index (κ2) is 7.50. The Labute approximate surface area is 153 Å². The van der Waals surface area contributed by atoms with Gasteiger partial charge in [0.2, 0.25) is 5.78 Å². The fourth-order valence-corrected chi connectivity index (χ4v) is 4.07. The summed E-state index contributed by atoms with van der Waals surface area (Å²) < 4.78 is 5.74. The molecule has 26 heavy (non-hydrogen) atoms. The van der Waals surface area contributed by atoms with Gasteiger partial charge in [0.1, 0.15) is 6.10 Å². The maximum atomic E-state index is 12.1. The zero-order valence-corrected chi connectivity index (χ0v) is 14.5. The summed E-state index contributed by atoms with van der Waals surface area (Å²) >= 11 is 0. The van der Waals surface area contributed by atoms with E-state index in [9.17, 15) is 9.59 Å². The molecule has 3 atom stereocenters. The van der Waals surface area contributed by atoms with E-state index in [-0.39, 0.29) is 12.1 Å². The van der Waals surface area contributed by atoms with Crippen molar-refractivity contribution in [2.45, 2.75) is 31.3 Å². The molecule has 0 spiro atoms. The zero-order chi connectivity index (χ0) is 17.9. The Morgan fingerprint density at radius 1 is 0.962 bits per heavy atom. The SMILES string of the molecule is O=CC(=O)C1OC[C@H]2[C@@H]1N(Cc1ccccc1)CN2Cc1ccccc1. The number of nitrogens with zero attached hydrogens (tertiary/aromatic N) is 2. The quantitative estimate of drug-likeness (QED) is 0.588. The van der Waals surface area contributed by atoms with Crippen LogP contribution in [0.3, 0.4) is 0 Å². The average molecular weight is 350 g/mol. The number of hydrogen-bond donors (Lipinski definition) is 0. The molecule has 5 nitrogen and oxygen atoms in total. The van der Waals surface area contributed by atoms with Crippen LogP contribution in [0.4, 0.5) is 0 Å². The van der Waals surface area contributed by atoms with Crippen molar-refractivity contribution in [1.82, 2.24) is 9.80 Å². The van der Waals surface area contributed by atoms with Crippen LogP contribution in [-0.2, 0) is 27.4 Å². The molecular formula is C21H22N2O3.